The van der Waals surface area contributed by atoms with Gasteiger partial charge in [-0.1, -0.05) is 0 Å². The van der Waals surface area contributed by atoms with Crippen molar-refractivity contribution in [2.75, 3.05) is 0 Å². The second-order valence-electron chi connectivity index (χ2n) is 8.39. The predicted molar refractivity (Wildman–Crippen MR) is 79.9 cm³/mol. The fraction of sp³-hybridized carbons (Fsp3) is 0.938. The van der Waals surface area contributed by atoms with Crippen LogP contribution in [0.5, 0.6) is 0 Å². The average molecular weight is 418 g/mol. The second kappa shape index (κ2) is 5.77. The van der Waals surface area contributed by atoms with Crippen LogP contribution >= 0.6 is 0 Å². The van der Waals surface area contributed by atoms with E-state index in [1.54, 1.807) is 0 Å². The third kappa shape index (κ3) is 2.79. The first-order chi connectivity index (χ1) is 12.3. The largest absolute Gasteiger partial charge is 0.444 e. The molecule has 4 fully saturated rings. The summed E-state index contributed by atoms with van der Waals surface area (Å²) in [6, 6.07) is 0. The van der Waals surface area contributed by atoms with Crippen LogP contribution in [0.2, 0.25) is 0 Å². The summed E-state index contributed by atoms with van der Waals surface area (Å²) < 4.78 is 100. The molecule has 4 rings (SSSR count). The van der Waals surface area contributed by atoms with E-state index in [9.17, 15) is 35.2 Å². The molecule has 0 saturated heterocycles. The van der Waals surface area contributed by atoms with E-state index in [1.165, 1.54) is 0 Å². The van der Waals surface area contributed by atoms with Crippen molar-refractivity contribution >= 4 is 16.1 Å². The number of halogens is 5. The summed E-state index contributed by atoms with van der Waals surface area (Å²) in [6.07, 6.45) is -5.92. The van der Waals surface area contributed by atoms with Crippen molar-refractivity contribution in [1.82, 2.24) is 0 Å². The summed E-state index contributed by atoms with van der Waals surface area (Å²) in [4.78, 5) is 12.3. The highest BCUT2D eigenvalue weighted by atomic mass is 32.2. The SMILES string of the molecule is O=C(OC(C(F)(F)F)C(F)(F)S(=O)(=O)O)C1CC2CC1C1C3CCC(C3)C21. The van der Waals surface area contributed by atoms with Gasteiger partial charge < -0.3 is 4.74 Å². The smallest absolute Gasteiger partial charge is 0.432 e. The van der Waals surface area contributed by atoms with E-state index >= 15 is 0 Å². The molecular formula is C16H19F5O5S. The van der Waals surface area contributed by atoms with Crippen LogP contribution in [-0.2, 0) is 19.6 Å². The van der Waals surface area contributed by atoms with Gasteiger partial charge in [0.15, 0.2) is 0 Å². The van der Waals surface area contributed by atoms with Crippen LogP contribution in [0.1, 0.15) is 32.1 Å². The molecule has 11 heteroatoms. The molecular weight excluding hydrogens is 399 g/mol. The highest BCUT2D eigenvalue weighted by Crippen LogP contribution is 2.69. The van der Waals surface area contributed by atoms with Gasteiger partial charge in [-0.25, -0.2) is 0 Å². The zero-order chi connectivity index (χ0) is 19.9. The Balaban J connectivity index is 1.53. The minimum Gasteiger partial charge on any atom is -0.444 e. The number of carbonyl (C=O) groups is 1. The molecule has 0 aromatic heterocycles. The Hall–Kier alpha value is -0.970. The number of esters is 1. The van der Waals surface area contributed by atoms with Gasteiger partial charge in [0.25, 0.3) is 6.10 Å². The zero-order valence-corrected chi connectivity index (χ0v) is 14.8. The minimum absolute atomic E-state index is 0.180. The number of rotatable bonds is 4. The molecule has 0 spiro atoms. The van der Waals surface area contributed by atoms with Crippen LogP contribution in [0.4, 0.5) is 22.0 Å². The number of hydrogen-bond acceptors (Lipinski definition) is 4. The van der Waals surface area contributed by atoms with Crippen LogP contribution in [0.15, 0.2) is 0 Å². The maximum atomic E-state index is 13.6. The van der Waals surface area contributed by atoms with E-state index in [2.05, 4.69) is 4.74 Å². The summed E-state index contributed by atoms with van der Waals surface area (Å²) in [7, 11) is -6.42. The Labute approximate surface area is 152 Å². The second-order valence-corrected chi connectivity index (χ2v) is 9.88. The standard InChI is InChI=1S/C16H19F5O5S/c17-15(18,19)14(16(20,21)27(23,24)25)26-13(22)10-5-8-4-9(10)12-7-2-1-6(3-7)11(8)12/h6-12,14H,1-5H2,(H,23,24,25). The van der Waals surface area contributed by atoms with E-state index in [0.717, 1.165) is 19.3 Å². The first-order valence-electron chi connectivity index (χ1n) is 8.94. The molecule has 0 aliphatic heterocycles. The highest BCUT2D eigenvalue weighted by molar-refractivity contribution is 7.86. The van der Waals surface area contributed by atoms with Gasteiger partial charge >= 0.3 is 27.5 Å². The first kappa shape index (κ1) is 19.4. The van der Waals surface area contributed by atoms with Crippen LogP contribution in [0.3, 0.4) is 0 Å². The summed E-state index contributed by atoms with van der Waals surface area (Å²) in [5.74, 6) is -0.730. The number of hydrogen-bond donors (Lipinski definition) is 1. The zero-order valence-electron chi connectivity index (χ0n) is 14.0. The maximum absolute atomic E-state index is 13.6. The van der Waals surface area contributed by atoms with E-state index < -0.39 is 39.5 Å². The molecule has 0 aromatic rings. The van der Waals surface area contributed by atoms with Gasteiger partial charge in [0.05, 0.1) is 5.92 Å². The van der Waals surface area contributed by atoms with E-state index in [4.69, 9.17) is 4.55 Å². The molecule has 0 aromatic carbocycles. The van der Waals surface area contributed by atoms with Gasteiger partial charge in [0, 0.05) is 0 Å². The molecule has 0 radical (unpaired) electrons. The summed E-state index contributed by atoms with van der Waals surface area (Å²) >= 11 is 0. The third-order valence-electron chi connectivity index (χ3n) is 7.22. The summed E-state index contributed by atoms with van der Waals surface area (Å²) in [5.41, 5.74) is 0. The van der Waals surface area contributed by atoms with Crippen LogP contribution in [-0.4, -0.2) is 36.5 Å². The van der Waals surface area contributed by atoms with Crippen molar-refractivity contribution in [3.63, 3.8) is 0 Å². The predicted octanol–water partition coefficient (Wildman–Crippen LogP) is 3.26. The molecule has 27 heavy (non-hydrogen) atoms. The number of ether oxygens (including phenoxy) is 1. The van der Waals surface area contributed by atoms with Crippen LogP contribution < -0.4 is 0 Å². The molecule has 5 nitrogen and oxygen atoms in total. The van der Waals surface area contributed by atoms with Crippen molar-refractivity contribution in [3.05, 3.63) is 0 Å². The fourth-order valence-corrected chi connectivity index (χ4v) is 6.95. The number of fused-ring (bicyclic) bond motifs is 9. The van der Waals surface area contributed by atoms with Gasteiger partial charge in [-0.15, -0.1) is 0 Å². The van der Waals surface area contributed by atoms with E-state index in [1.807, 2.05) is 0 Å². The minimum atomic E-state index is -6.42. The van der Waals surface area contributed by atoms with Gasteiger partial charge in [-0.2, -0.15) is 30.4 Å². The maximum Gasteiger partial charge on any atom is 0.432 e. The molecule has 0 heterocycles. The fourth-order valence-electron chi connectivity index (χ4n) is 6.50. The molecule has 154 valence electrons. The monoisotopic (exact) mass is 418 g/mol. The third-order valence-corrected chi connectivity index (χ3v) is 8.12. The quantitative estimate of drug-likeness (QED) is 0.328. The molecule has 4 aliphatic rings. The van der Waals surface area contributed by atoms with Gasteiger partial charge in [0.2, 0.25) is 0 Å². The summed E-state index contributed by atoms with van der Waals surface area (Å²) in [5, 5.41) is -5.67. The Kier molecular flexibility index (Phi) is 4.14. The molecule has 8 atom stereocenters. The van der Waals surface area contributed by atoms with E-state index in [-0.39, 0.29) is 24.2 Å². The average Bonchev–Trinajstić information content (AvgIpc) is 3.26. The number of alkyl halides is 5. The van der Waals surface area contributed by atoms with Gasteiger partial charge in [-0.05, 0) is 67.6 Å². The topological polar surface area (TPSA) is 80.7 Å². The van der Waals surface area contributed by atoms with E-state index in [0.29, 0.717) is 24.2 Å². The lowest BCUT2D eigenvalue weighted by atomic mass is 9.67. The van der Waals surface area contributed by atoms with Gasteiger partial charge in [0.1, 0.15) is 0 Å². The van der Waals surface area contributed by atoms with Crippen molar-refractivity contribution in [2.45, 2.75) is 49.6 Å². The molecule has 4 aliphatic carbocycles. The Morgan fingerprint density at radius 2 is 1.56 bits per heavy atom. The molecule has 4 bridgehead atoms. The first-order valence-corrected chi connectivity index (χ1v) is 10.4. The summed E-state index contributed by atoms with van der Waals surface area (Å²) in [6.45, 7) is 0. The molecule has 1 N–H and O–H groups in total. The molecule has 4 saturated carbocycles. The van der Waals surface area contributed by atoms with Crippen molar-refractivity contribution < 1.29 is 44.5 Å². The van der Waals surface area contributed by atoms with Crippen molar-refractivity contribution in [3.8, 4) is 0 Å². The normalized spacial score (nSPS) is 41.6. The number of carbonyl (C=O) groups excluding carboxylic acids is 1. The van der Waals surface area contributed by atoms with Crippen LogP contribution in [0, 0.1) is 41.4 Å². The lowest BCUT2D eigenvalue weighted by molar-refractivity contribution is -0.261. The Morgan fingerprint density at radius 1 is 0.963 bits per heavy atom. The lowest BCUT2D eigenvalue weighted by Crippen LogP contribution is -2.53. The highest BCUT2D eigenvalue weighted by Gasteiger charge is 2.68. The lowest BCUT2D eigenvalue weighted by Gasteiger charge is -2.38. The van der Waals surface area contributed by atoms with Crippen molar-refractivity contribution in [2.24, 2.45) is 41.4 Å². The van der Waals surface area contributed by atoms with Crippen LogP contribution in [0.25, 0.3) is 0 Å². The molecule has 0 amide bonds. The Morgan fingerprint density at radius 3 is 2.11 bits per heavy atom. The Bertz CT molecular complexity index is 751. The van der Waals surface area contributed by atoms with Crippen molar-refractivity contribution in [1.29, 1.82) is 0 Å². The molecule has 8 unspecified atom stereocenters. The van der Waals surface area contributed by atoms with Gasteiger partial charge in [-0.3, -0.25) is 9.35 Å².